The first-order valence-electron chi connectivity index (χ1n) is 3.84. The van der Waals surface area contributed by atoms with E-state index in [0.717, 1.165) is 10.7 Å². The molecule has 2 nitrogen and oxygen atoms in total. The number of carbonyl (C=O) groups is 1. The zero-order valence-corrected chi connectivity index (χ0v) is 8.51. The van der Waals surface area contributed by atoms with Crippen molar-refractivity contribution in [1.29, 1.82) is 0 Å². The van der Waals surface area contributed by atoms with Gasteiger partial charge in [-0.25, -0.2) is 0 Å². The van der Waals surface area contributed by atoms with Crippen molar-refractivity contribution in [1.82, 2.24) is 0 Å². The van der Waals surface area contributed by atoms with Gasteiger partial charge < -0.3 is 5.11 Å². The van der Waals surface area contributed by atoms with Gasteiger partial charge in [0.05, 0.1) is 0 Å². The van der Waals surface area contributed by atoms with Crippen molar-refractivity contribution < 1.29 is 9.90 Å². The molecule has 3 heteroatoms. The molecular weight excluding hydrogens is 168 g/mol. The fourth-order valence-electron chi connectivity index (χ4n) is 1.19. The maximum Gasteiger partial charge on any atom is 0.295 e. The lowest BCUT2D eigenvalue weighted by atomic mass is 10.2. The van der Waals surface area contributed by atoms with Gasteiger partial charge in [0, 0.05) is 0 Å². The summed E-state index contributed by atoms with van der Waals surface area (Å²) in [6.45, 7) is 5.92. The van der Waals surface area contributed by atoms with Crippen LogP contribution in [-0.2, 0) is 0 Å². The minimum atomic E-state index is -1.43. The van der Waals surface area contributed by atoms with Crippen molar-refractivity contribution in [3.8, 4) is 0 Å². The van der Waals surface area contributed by atoms with Crippen molar-refractivity contribution in [3.05, 3.63) is 28.0 Å². The van der Waals surface area contributed by atoms with E-state index in [1.165, 1.54) is 5.56 Å². The van der Waals surface area contributed by atoms with Gasteiger partial charge in [-0.05, 0) is 31.9 Å². The highest BCUT2D eigenvalue weighted by Crippen LogP contribution is 2.10. The highest BCUT2D eigenvalue weighted by atomic mass is 28.2. The average molecular weight is 180 g/mol. The average Bonchev–Trinajstić information content (AvgIpc) is 2.00. The number of rotatable bonds is 1. The summed E-state index contributed by atoms with van der Waals surface area (Å²) in [4.78, 5) is 10.8. The third-order valence-electron chi connectivity index (χ3n) is 2.29. The number of carboxylic acid groups (broad SMARTS) is 1. The maximum atomic E-state index is 10.8. The molecular formula is C9H12O2Si. The Morgan fingerprint density at radius 2 is 2.00 bits per heavy atom. The molecule has 64 valence electrons. The van der Waals surface area contributed by atoms with Gasteiger partial charge in [0.25, 0.3) is 5.59 Å². The monoisotopic (exact) mass is 180 g/mol. The highest BCUT2D eigenvalue weighted by Gasteiger charge is 2.10. The second-order valence-electron chi connectivity index (χ2n) is 2.99. The van der Waals surface area contributed by atoms with E-state index in [0.29, 0.717) is 0 Å². The first-order valence-corrected chi connectivity index (χ1v) is 5.42. The summed E-state index contributed by atoms with van der Waals surface area (Å²) in [6, 6.07) is 1.92. The Morgan fingerprint density at radius 1 is 1.42 bits per heavy atom. The van der Waals surface area contributed by atoms with Gasteiger partial charge in [0.2, 0.25) is 0 Å². The Bertz CT molecular complexity index is 332. The third kappa shape index (κ3) is 1.45. The van der Waals surface area contributed by atoms with Gasteiger partial charge in [-0.1, -0.05) is 16.9 Å². The molecule has 1 aromatic rings. The Balaban J connectivity index is 3.36. The quantitative estimate of drug-likeness (QED) is 0.672. The lowest BCUT2D eigenvalue weighted by molar-refractivity contribution is 0.219. The summed E-state index contributed by atoms with van der Waals surface area (Å²) in [7, 11) is -1.43. The van der Waals surface area contributed by atoms with Gasteiger partial charge in [0.1, 0.15) is 0 Å². The van der Waals surface area contributed by atoms with Crippen LogP contribution in [0.1, 0.15) is 16.3 Å². The Morgan fingerprint density at radius 3 is 2.50 bits per heavy atom. The summed E-state index contributed by atoms with van der Waals surface area (Å²) in [5.41, 5.74) is 3.50. The smallest absolute Gasteiger partial charge is 0.295 e. The minimum absolute atomic E-state index is 0.666. The van der Waals surface area contributed by atoms with Crippen LogP contribution in [0.15, 0.2) is 11.7 Å². The van der Waals surface area contributed by atoms with Gasteiger partial charge in [-0.3, -0.25) is 4.79 Å². The van der Waals surface area contributed by atoms with Gasteiger partial charge >= 0.3 is 0 Å². The molecule has 0 aliphatic heterocycles. The van der Waals surface area contributed by atoms with Crippen LogP contribution in [0.2, 0.25) is 0 Å². The SMILES string of the molecule is Cc1cc[si](C(=O)O)c(C)c1C. The van der Waals surface area contributed by atoms with E-state index in [2.05, 4.69) is 0 Å². The summed E-state index contributed by atoms with van der Waals surface area (Å²) in [5, 5.41) is 9.91. The third-order valence-corrected chi connectivity index (χ3v) is 4.43. The van der Waals surface area contributed by atoms with Gasteiger partial charge in [-0.15, -0.1) is 0 Å². The molecule has 0 radical (unpaired) electrons. The molecule has 12 heavy (non-hydrogen) atoms. The van der Waals surface area contributed by atoms with Crippen LogP contribution in [0.25, 0.3) is 0 Å². The summed E-state index contributed by atoms with van der Waals surface area (Å²) in [6.07, 6.45) is 0. The van der Waals surface area contributed by atoms with Crippen LogP contribution in [0.3, 0.4) is 0 Å². The van der Waals surface area contributed by atoms with E-state index >= 15 is 0 Å². The molecule has 0 aliphatic rings. The van der Waals surface area contributed by atoms with Crippen LogP contribution in [0.4, 0.5) is 4.79 Å². The molecule has 1 aromatic heterocycles. The molecule has 0 amide bonds. The zero-order chi connectivity index (χ0) is 9.30. The van der Waals surface area contributed by atoms with Crippen LogP contribution in [-0.4, -0.2) is 19.1 Å². The molecule has 0 saturated heterocycles. The number of aryl methyl sites for hydroxylation is 1. The summed E-state index contributed by atoms with van der Waals surface area (Å²) in [5.74, 6) is 0. The van der Waals surface area contributed by atoms with Gasteiger partial charge in [-0.2, -0.15) is 0 Å². The van der Waals surface area contributed by atoms with Crippen molar-refractivity contribution in [3.63, 3.8) is 0 Å². The minimum Gasteiger partial charge on any atom is -0.482 e. The Hall–Kier alpha value is -0.963. The zero-order valence-electron chi connectivity index (χ0n) is 7.51. The topological polar surface area (TPSA) is 37.3 Å². The van der Waals surface area contributed by atoms with E-state index in [1.807, 2.05) is 32.5 Å². The first-order chi connectivity index (χ1) is 5.54. The van der Waals surface area contributed by atoms with Crippen molar-refractivity contribution in [2.45, 2.75) is 20.8 Å². The van der Waals surface area contributed by atoms with E-state index in [9.17, 15) is 4.79 Å². The van der Waals surface area contributed by atoms with Crippen LogP contribution in [0, 0.1) is 20.8 Å². The fourth-order valence-corrected chi connectivity index (χ4v) is 2.92. The molecule has 0 bridgehead atoms. The van der Waals surface area contributed by atoms with Crippen molar-refractivity contribution >= 4 is 14.0 Å². The fraction of sp³-hybridized carbons (Fsp3) is 0.333. The predicted molar refractivity (Wildman–Crippen MR) is 50.0 cm³/mol. The van der Waals surface area contributed by atoms with Crippen LogP contribution >= 0.6 is 0 Å². The molecule has 0 spiro atoms. The lowest BCUT2D eigenvalue weighted by Gasteiger charge is -2.06. The molecule has 1 heterocycles. The van der Waals surface area contributed by atoms with E-state index in [1.54, 1.807) is 0 Å². The maximum absolute atomic E-state index is 10.8. The van der Waals surface area contributed by atoms with Gasteiger partial charge in [0.15, 0.2) is 8.40 Å². The summed E-state index contributed by atoms with van der Waals surface area (Å²) >= 11 is 0. The molecule has 0 atom stereocenters. The summed E-state index contributed by atoms with van der Waals surface area (Å²) < 4.78 is 0. The van der Waals surface area contributed by atoms with Crippen molar-refractivity contribution in [2.75, 3.05) is 0 Å². The molecule has 0 unspecified atom stereocenters. The first kappa shape index (κ1) is 9.13. The second-order valence-corrected chi connectivity index (χ2v) is 5.32. The molecule has 1 rings (SSSR count). The highest BCUT2D eigenvalue weighted by molar-refractivity contribution is 6.83. The standard InChI is InChI=1S/C9H12O2Si/c1-6-4-5-12(9(10)11)8(3)7(6)2/h4-5H,1-3H3,(H,10,11). The Labute approximate surface area is 73.4 Å². The Kier molecular flexibility index (Phi) is 2.42. The molecule has 1 N–H and O–H groups in total. The second kappa shape index (κ2) is 3.19. The van der Waals surface area contributed by atoms with E-state index < -0.39 is 14.0 Å². The van der Waals surface area contributed by atoms with E-state index in [4.69, 9.17) is 5.11 Å². The normalized spacial score (nSPS) is 9.92. The number of hydrogen-bond acceptors (Lipinski definition) is 1. The molecule has 0 aromatic carbocycles. The molecule has 0 fully saturated rings. The largest absolute Gasteiger partial charge is 0.482 e. The van der Waals surface area contributed by atoms with Crippen molar-refractivity contribution in [2.24, 2.45) is 0 Å². The van der Waals surface area contributed by atoms with Crippen LogP contribution < -0.4 is 0 Å². The number of hydrogen-bond donors (Lipinski definition) is 1. The van der Waals surface area contributed by atoms with E-state index in [-0.39, 0.29) is 0 Å². The van der Waals surface area contributed by atoms with Crippen LogP contribution in [0.5, 0.6) is 0 Å². The molecule has 0 saturated carbocycles. The lowest BCUT2D eigenvalue weighted by Crippen LogP contribution is -2.14. The predicted octanol–water partition coefficient (Wildman–Crippen LogP) is 2.16. The molecule has 0 aliphatic carbocycles.